The van der Waals surface area contributed by atoms with Crippen molar-refractivity contribution >= 4 is 5.91 Å². The number of ether oxygens (including phenoxy) is 1. The van der Waals surface area contributed by atoms with Crippen LogP contribution in [0.3, 0.4) is 0 Å². The van der Waals surface area contributed by atoms with E-state index >= 15 is 0 Å². The number of amides is 1. The van der Waals surface area contributed by atoms with Crippen molar-refractivity contribution in [2.75, 3.05) is 13.2 Å². The van der Waals surface area contributed by atoms with E-state index in [1.54, 1.807) is 30.9 Å². The number of carbonyl (C=O) groups is 1. The van der Waals surface area contributed by atoms with Crippen LogP contribution in [0.1, 0.15) is 23.2 Å². The predicted octanol–water partition coefficient (Wildman–Crippen LogP) is 1.39. The highest BCUT2D eigenvalue weighted by atomic mass is 16.5. The van der Waals surface area contributed by atoms with Gasteiger partial charge in [0.05, 0.1) is 23.8 Å². The Morgan fingerprint density at radius 3 is 2.95 bits per heavy atom. The summed E-state index contributed by atoms with van der Waals surface area (Å²) in [7, 11) is 1.89. The Hall–Kier alpha value is -2.21. The number of imidazole rings is 1. The van der Waals surface area contributed by atoms with Crippen LogP contribution in [0.2, 0.25) is 0 Å². The van der Waals surface area contributed by atoms with Crippen LogP contribution >= 0.6 is 0 Å². The predicted molar refractivity (Wildman–Crippen MR) is 77.7 cm³/mol. The smallest absolute Gasteiger partial charge is 0.253 e. The SMILES string of the molecule is Cn1cncc1-c1ncccc1C(=O)NC1CCOCC1. The molecule has 110 valence electrons. The van der Waals surface area contributed by atoms with Gasteiger partial charge in [0.2, 0.25) is 0 Å². The van der Waals surface area contributed by atoms with E-state index in [9.17, 15) is 4.79 Å². The van der Waals surface area contributed by atoms with Gasteiger partial charge in [-0.3, -0.25) is 9.78 Å². The second-order valence-corrected chi connectivity index (χ2v) is 5.15. The Morgan fingerprint density at radius 2 is 2.24 bits per heavy atom. The molecule has 2 aromatic rings. The lowest BCUT2D eigenvalue weighted by Gasteiger charge is -2.23. The summed E-state index contributed by atoms with van der Waals surface area (Å²) in [5.41, 5.74) is 2.06. The third-order valence-electron chi connectivity index (χ3n) is 3.67. The third-order valence-corrected chi connectivity index (χ3v) is 3.67. The first-order chi connectivity index (χ1) is 10.3. The summed E-state index contributed by atoms with van der Waals surface area (Å²) in [5.74, 6) is -0.0915. The van der Waals surface area contributed by atoms with E-state index in [-0.39, 0.29) is 11.9 Å². The fraction of sp³-hybridized carbons (Fsp3) is 0.400. The van der Waals surface area contributed by atoms with Crippen LogP contribution < -0.4 is 5.32 Å². The lowest BCUT2D eigenvalue weighted by molar-refractivity contribution is 0.0696. The average molecular weight is 286 g/mol. The van der Waals surface area contributed by atoms with Crippen molar-refractivity contribution in [3.63, 3.8) is 0 Å². The number of nitrogens with zero attached hydrogens (tertiary/aromatic N) is 3. The molecule has 0 bridgehead atoms. The average Bonchev–Trinajstić information content (AvgIpc) is 2.94. The van der Waals surface area contributed by atoms with Gasteiger partial charge in [0, 0.05) is 32.5 Å². The molecule has 0 saturated carbocycles. The zero-order valence-electron chi connectivity index (χ0n) is 12.0. The number of hydrogen-bond acceptors (Lipinski definition) is 4. The Labute approximate surface area is 123 Å². The lowest BCUT2D eigenvalue weighted by atomic mass is 10.1. The molecule has 1 amide bonds. The van der Waals surface area contributed by atoms with E-state index in [1.165, 1.54) is 0 Å². The molecule has 3 rings (SSSR count). The van der Waals surface area contributed by atoms with Gasteiger partial charge < -0.3 is 14.6 Å². The molecule has 1 aliphatic heterocycles. The monoisotopic (exact) mass is 286 g/mol. The minimum absolute atomic E-state index is 0.0915. The molecule has 0 aromatic carbocycles. The van der Waals surface area contributed by atoms with Gasteiger partial charge in [-0.1, -0.05) is 0 Å². The molecule has 21 heavy (non-hydrogen) atoms. The van der Waals surface area contributed by atoms with Crippen LogP contribution in [0.5, 0.6) is 0 Å². The molecular weight excluding hydrogens is 268 g/mol. The molecule has 1 aliphatic rings. The molecule has 0 unspecified atom stereocenters. The molecule has 0 spiro atoms. The van der Waals surface area contributed by atoms with Gasteiger partial charge in [-0.15, -0.1) is 0 Å². The quantitative estimate of drug-likeness (QED) is 0.925. The van der Waals surface area contributed by atoms with Crippen LogP contribution in [0.25, 0.3) is 11.4 Å². The summed E-state index contributed by atoms with van der Waals surface area (Å²) in [5, 5.41) is 3.07. The highest BCUT2D eigenvalue weighted by Crippen LogP contribution is 2.20. The number of aromatic nitrogens is 3. The van der Waals surface area contributed by atoms with Crippen LogP contribution in [0.15, 0.2) is 30.9 Å². The molecule has 0 atom stereocenters. The minimum Gasteiger partial charge on any atom is -0.381 e. The zero-order chi connectivity index (χ0) is 14.7. The minimum atomic E-state index is -0.0915. The van der Waals surface area contributed by atoms with Crippen molar-refractivity contribution in [3.05, 3.63) is 36.4 Å². The highest BCUT2D eigenvalue weighted by molar-refractivity contribution is 5.99. The van der Waals surface area contributed by atoms with Crippen molar-refractivity contribution in [2.24, 2.45) is 7.05 Å². The van der Waals surface area contributed by atoms with Crippen LogP contribution in [0.4, 0.5) is 0 Å². The molecular formula is C15H18N4O2. The second kappa shape index (κ2) is 6.05. The van der Waals surface area contributed by atoms with Crippen molar-refractivity contribution < 1.29 is 9.53 Å². The zero-order valence-corrected chi connectivity index (χ0v) is 12.0. The number of rotatable bonds is 3. The van der Waals surface area contributed by atoms with Gasteiger partial charge in [0.25, 0.3) is 5.91 Å². The first kappa shape index (κ1) is 13.8. The van der Waals surface area contributed by atoms with E-state index in [0.717, 1.165) is 18.5 Å². The Balaban J connectivity index is 1.85. The Morgan fingerprint density at radius 1 is 1.43 bits per heavy atom. The number of nitrogens with one attached hydrogen (secondary N) is 1. The summed E-state index contributed by atoms with van der Waals surface area (Å²) >= 11 is 0. The van der Waals surface area contributed by atoms with E-state index in [0.29, 0.717) is 24.5 Å². The normalized spacial score (nSPS) is 15.9. The maximum Gasteiger partial charge on any atom is 0.253 e. The van der Waals surface area contributed by atoms with E-state index in [4.69, 9.17) is 4.74 Å². The number of carbonyl (C=O) groups excluding carboxylic acids is 1. The standard InChI is InChI=1S/C15H18N4O2/c1-19-10-16-9-13(19)14-12(3-2-6-17-14)15(20)18-11-4-7-21-8-5-11/h2-3,6,9-11H,4-5,7-8H2,1H3,(H,18,20). The summed E-state index contributed by atoms with van der Waals surface area (Å²) in [4.78, 5) is 21.0. The maximum atomic E-state index is 12.5. The van der Waals surface area contributed by atoms with Gasteiger partial charge in [0.1, 0.15) is 5.69 Å². The Bertz CT molecular complexity index is 632. The van der Waals surface area contributed by atoms with Crippen molar-refractivity contribution in [3.8, 4) is 11.4 Å². The van der Waals surface area contributed by atoms with E-state index in [1.807, 2.05) is 11.6 Å². The van der Waals surface area contributed by atoms with Gasteiger partial charge >= 0.3 is 0 Å². The molecule has 0 radical (unpaired) electrons. The third kappa shape index (κ3) is 2.95. The van der Waals surface area contributed by atoms with Crippen LogP contribution in [-0.2, 0) is 11.8 Å². The van der Waals surface area contributed by atoms with Gasteiger partial charge in [0.15, 0.2) is 0 Å². The summed E-state index contributed by atoms with van der Waals surface area (Å²) in [6, 6.07) is 3.74. The van der Waals surface area contributed by atoms with Gasteiger partial charge in [-0.05, 0) is 25.0 Å². The van der Waals surface area contributed by atoms with E-state index in [2.05, 4.69) is 15.3 Å². The molecule has 6 heteroatoms. The topological polar surface area (TPSA) is 69.0 Å². The summed E-state index contributed by atoms with van der Waals surface area (Å²) in [6.07, 6.45) is 6.81. The molecule has 3 heterocycles. The number of aryl methyl sites for hydroxylation is 1. The van der Waals surface area contributed by atoms with Crippen molar-refractivity contribution in [1.29, 1.82) is 0 Å². The Kier molecular flexibility index (Phi) is 3.96. The van der Waals surface area contributed by atoms with Gasteiger partial charge in [-0.2, -0.15) is 0 Å². The molecule has 1 N–H and O–H groups in total. The molecule has 6 nitrogen and oxygen atoms in total. The first-order valence-corrected chi connectivity index (χ1v) is 7.06. The largest absolute Gasteiger partial charge is 0.381 e. The second-order valence-electron chi connectivity index (χ2n) is 5.15. The fourth-order valence-corrected chi connectivity index (χ4v) is 2.48. The number of pyridine rings is 1. The number of hydrogen-bond donors (Lipinski definition) is 1. The fourth-order valence-electron chi connectivity index (χ4n) is 2.48. The molecule has 1 fully saturated rings. The molecule has 2 aromatic heterocycles. The summed E-state index contributed by atoms with van der Waals surface area (Å²) in [6.45, 7) is 1.40. The maximum absolute atomic E-state index is 12.5. The van der Waals surface area contributed by atoms with Crippen LogP contribution in [-0.4, -0.2) is 39.7 Å². The summed E-state index contributed by atoms with van der Waals surface area (Å²) < 4.78 is 7.16. The highest BCUT2D eigenvalue weighted by Gasteiger charge is 2.20. The van der Waals surface area contributed by atoms with E-state index < -0.39 is 0 Å². The lowest BCUT2D eigenvalue weighted by Crippen LogP contribution is -2.39. The van der Waals surface area contributed by atoms with Crippen LogP contribution in [0, 0.1) is 0 Å². The molecule has 0 aliphatic carbocycles. The van der Waals surface area contributed by atoms with Crippen molar-refractivity contribution in [1.82, 2.24) is 19.9 Å². The molecule has 1 saturated heterocycles. The van der Waals surface area contributed by atoms with Crippen molar-refractivity contribution in [2.45, 2.75) is 18.9 Å². The van der Waals surface area contributed by atoms with Gasteiger partial charge in [-0.25, -0.2) is 4.98 Å². The first-order valence-electron chi connectivity index (χ1n) is 7.06.